The SMILES string of the molecule is Cc1ccc(N)cc1NC(=O)C(C)N1CCN(c2ccc(F)cc2)CC1. The van der Waals surface area contributed by atoms with E-state index in [1.165, 1.54) is 12.1 Å². The number of aryl methyl sites for hydroxylation is 1. The first kappa shape index (κ1) is 18.2. The Kier molecular flexibility index (Phi) is 5.42. The molecular weight excluding hydrogens is 331 g/mol. The van der Waals surface area contributed by atoms with E-state index in [0.29, 0.717) is 5.69 Å². The second-order valence-corrected chi connectivity index (χ2v) is 6.74. The van der Waals surface area contributed by atoms with E-state index >= 15 is 0 Å². The zero-order valence-corrected chi connectivity index (χ0v) is 15.2. The number of nitrogens with one attached hydrogen (secondary N) is 1. The molecule has 6 heteroatoms. The summed E-state index contributed by atoms with van der Waals surface area (Å²) in [4.78, 5) is 17.0. The highest BCUT2D eigenvalue weighted by Crippen LogP contribution is 2.20. The average molecular weight is 356 g/mol. The Morgan fingerprint density at radius 2 is 1.77 bits per heavy atom. The lowest BCUT2D eigenvalue weighted by atomic mass is 10.1. The van der Waals surface area contributed by atoms with E-state index in [0.717, 1.165) is 43.1 Å². The fraction of sp³-hybridized carbons (Fsp3) is 0.350. The summed E-state index contributed by atoms with van der Waals surface area (Å²) in [5, 5.41) is 2.98. The van der Waals surface area contributed by atoms with Gasteiger partial charge in [0, 0.05) is 43.2 Å². The summed E-state index contributed by atoms with van der Waals surface area (Å²) < 4.78 is 13.1. The summed E-state index contributed by atoms with van der Waals surface area (Å²) in [6, 6.07) is 11.8. The second-order valence-electron chi connectivity index (χ2n) is 6.74. The van der Waals surface area contributed by atoms with Crippen molar-refractivity contribution in [2.45, 2.75) is 19.9 Å². The predicted octanol–water partition coefficient (Wildman–Crippen LogP) is 2.87. The van der Waals surface area contributed by atoms with Gasteiger partial charge in [0.2, 0.25) is 5.91 Å². The van der Waals surface area contributed by atoms with Gasteiger partial charge < -0.3 is 16.0 Å². The lowest BCUT2D eigenvalue weighted by Gasteiger charge is -2.38. The second kappa shape index (κ2) is 7.74. The van der Waals surface area contributed by atoms with Crippen LogP contribution >= 0.6 is 0 Å². The molecule has 1 unspecified atom stereocenters. The quantitative estimate of drug-likeness (QED) is 0.827. The Hall–Kier alpha value is -2.60. The Labute approximate surface area is 153 Å². The van der Waals surface area contributed by atoms with Crippen LogP contribution in [0.2, 0.25) is 0 Å². The lowest BCUT2D eigenvalue weighted by molar-refractivity contribution is -0.120. The van der Waals surface area contributed by atoms with Gasteiger partial charge in [-0.1, -0.05) is 6.07 Å². The van der Waals surface area contributed by atoms with Crippen molar-refractivity contribution < 1.29 is 9.18 Å². The van der Waals surface area contributed by atoms with Crippen molar-refractivity contribution in [3.05, 3.63) is 53.8 Å². The monoisotopic (exact) mass is 356 g/mol. The van der Waals surface area contributed by atoms with Gasteiger partial charge in [-0.15, -0.1) is 0 Å². The highest BCUT2D eigenvalue weighted by Gasteiger charge is 2.26. The van der Waals surface area contributed by atoms with Gasteiger partial charge in [-0.2, -0.15) is 0 Å². The summed E-state index contributed by atoms with van der Waals surface area (Å²) in [5.41, 5.74) is 9.20. The smallest absolute Gasteiger partial charge is 0.241 e. The highest BCUT2D eigenvalue weighted by atomic mass is 19.1. The number of piperazine rings is 1. The van der Waals surface area contributed by atoms with Crippen molar-refractivity contribution in [2.24, 2.45) is 0 Å². The number of nitrogens with zero attached hydrogens (tertiary/aromatic N) is 2. The molecule has 1 aliphatic heterocycles. The molecule has 1 saturated heterocycles. The number of halogens is 1. The minimum atomic E-state index is -0.230. The van der Waals surface area contributed by atoms with E-state index in [-0.39, 0.29) is 17.8 Å². The maximum Gasteiger partial charge on any atom is 0.241 e. The number of hydrogen-bond donors (Lipinski definition) is 2. The molecule has 3 N–H and O–H groups in total. The summed E-state index contributed by atoms with van der Waals surface area (Å²) in [7, 11) is 0. The van der Waals surface area contributed by atoms with Gasteiger partial charge in [0.1, 0.15) is 5.82 Å². The number of rotatable bonds is 4. The molecule has 0 spiro atoms. The summed E-state index contributed by atoms with van der Waals surface area (Å²) in [5.74, 6) is -0.261. The molecule has 26 heavy (non-hydrogen) atoms. The molecule has 0 saturated carbocycles. The van der Waals surface area contributed by atoms with Crippen molar-refractivity contribution in [1.29, 1.82) is 0 Å². The van der Waals surface area contributed by atoms with Gasteiger partial charge in [0.15, 0.2) is 0 Å². The fourth-order valence-corrected chi connectivity index (χ4v) is 3.20. The number of nitrogen functional groups attached to an aromatic ring is 1. The minimum absolute atomic E-state index is 0.0334. The van der Waals surface area contributed by atoms with Crippen LogP contribution in [0, 0.1) is 12.7 Å². The Bertz CT molecular complexity index is 770. The largest absolute Gasteiger partial charge is 0.399 e. The highest BCUT2D eigenvalue weighted by molar-refractivity contribution is 5.95. The van der Waals surface area contributed by atoms with Gasteiger partial charge in [-0.25, -0.2) is 4.39 Å². The number of hydrogen-bond acceptors (Lipinski definition) is 4. The number of nitrogens with two attached hydrogens (primary N) is 1. The van der Waals surface area contributed by atoms with Gasteiger partial charge >= 0.3 is 0 Å². The maximum absolute atomic E-state index is 13.1. The Balaban J connectivity index is 1.57. The molecule has 0 radical (unpaired) electrons. The van der Waals surface area contributed by atoms with E-state index in [1.807, 2.05) is 26.0 Å². The van der Waals surface area contributed by atoms with Crippen LogP contribution in [-0.2, 0) is 4.79 Å². The van der Waals surface area contributed by atoms with E-state index in [4.69, 9.17) is 5.73 Å². The lowest BCUT2D eigenvalue weighted by Crippen LogP contribution is -2.52. The Morgan fingerprint density at radius 1 is 1.12 bits per heavy atom. The molecular formula is C20H25FN4O. The van der Waals surface area contributed by atoms with Gasteiger partial charge in [-0.05, 0) is 55.8 Å². The van der Waals surface area contributed by atoms with Gasteiger partial charge in [0.25, 0.3) is 0 Å². The van der Waals surface area contributed by atoms with Gasteiger partial charge in [-0.3, -0.25) is 9.69 Å². The van der Waals surface area contributed by atoms with Crippen LogP contribution in [0.25, 0.3) is 0 Å². The number of anilines is 3. The van der Waals surface area contributed by atoms with Crippen molar-refractivity contribution in [3.8, 4) is 0 Å². The number of amides is 1. The number of benzene rings is 2. The average Bonchev–Trinajstić information content (AvgIpc) is 2.65. The molecule has 1 amide bonds. The molecule has 2 aromatic rings. The summed E-state index contributed by atoms with van der Waals surface area (Å²) in [6.07, 6.45) is 0. The fourth-order valence-electron chi connectivity index (χ4n) is 3.20. The molecule has 0 aromatic heterocycles. The van der Waals surface area contributed by atoms with E-state index in [9.17, 15) is 9.18 Å². The normalized spacial score (nSPS) is 16.3. The molecule has 138 valence electrons. The van der Waals surface area contributed by atoms with Crippen LogP contribution < -0.4 is 16.0 Å². The zero-order valence-electron chi connectivity index (χ0n) is 15.2. The van der Waals surface area contributed by atoms with E-state index < -0.39 is 0 Å². The molecule has 5 nitrogen and oxygen atoms in total. The van der Waals surface area contributed by atoms with Crippen LogP contribution in [-0.4, -0.2) is 43.0 Å². The summed E-state index contributed by atoms with van der Waals surface area (Å²) >= 11 is 0. The molecule has 3 rings (SSSR count). The third-order valence-corrected chi connectivity index (χ3v) is 4.95. The molecule has 0 aliphatic carbocycles. The Morgan fingerprint density at radius 3 is 2.42 bits per heavy atom. The molecule has 1 aliphatic rings. The topological polar surface area (TPSA) is 61.6 Å². The van der Waals surface area contributed by atoms with Gasteiger partial charge in [0.05, 0.1) is 6.04 Å². The van der Waals surface area contributed by atoms with Crippen molar-refractivity contribution in [1.82, 2.24) is 4.90 Å². The van der Waals surface area contributed by atoms with Crippen LogP contribution in [0.5, 0.6) is 0 Å². The number of carbonyl (C=O) groups excluding carboxylic acids is 1. The van der Waals surface area contributed by atoms with Crippen LogP contribution in [0.15, 0.2) is 42.5 Å². The first-order chi connectivity index (χ1) is 12.4. The molecule has 1 atom stereocenters. The first-order valence-corrected chi connectivity index (χ1v) is 8.85. The van der Waals surface area contributed by atoms with Crippen molar-refractivity contribution in [2.75, 3.05) is 42.1 Å². The third-order valence-electron chi connectivity index (χ3n) is 4.95. The van der Waals surface area contributed by atoms with Crippen molar-refractivity contribution in [3.63, 3.8) is 0 Å². The molecule has 0 bridgehead atoms. The molecule has 1 fully saturated rings. The first-order valence-electron chi connectivity index (χ1n) is 8.85. The van der Waals surface area contributed by atoms with Crippen LogP contribution in [0.1, 0.15) is 12.5 Å². The molecule has 2 aromatic carbocycles. The predicted molar refractivity (Wildman–Crippen MR) is 104 cm³/mol. The minimum Gasteiger partial charge on any atom is -0.399 e. The third kappa shape index (κ3) is 4.14. The maximum atomic E-state index is 13.1. The molecule has 1 heterocycles. The summed E-state index contributed by atoms with van der Waals surface area (Å²) in [6.45, 7) is 7.04. The zero-order chi connectivity index (χ0) is 18.7. The van der Waals surface area contributed by atoms with Crippen LogP contribution in [0.4, 0.5) is 21.5 Å². The van der Waals surface area contributed by atoms with Crippen molar-refractivity contribution >= 4 is 23.0 Å². The van der Waals surface area contributed by atoms with E-state index in [2.05, 4.69) is 15.1 Å². The number of carbonyl (C=O) groups is 1. The van der Waals surface area contributed by atoms with Crippen LogP contribution in [0.3, 0.4) is 0 Å². The standard InChI is InChI=1S/C20H25FN4O/c1-14-3-6-17(22)13-19(14)23-20(26)15(2)24-9-11-25(12-10-24)18-7-4-16(21)5-8-18/h3-8,13,15H,9-12,22H2,1-2H3,(H,23,26). The van der Waals surface area contributed by atoms with E-state index in [1.54, 1.807) is 18.2 Å².